The fourth-order valence-electron chi connectivity index (χ4n) is 8.51. The Morgan fingerprint density at radius 1 is 0.426 bits per heavy atom. The molecule has 9 aromatic carbocycles. The van der Waals surface area contributed by atoms with Gasteiger partial charge in [0.15, 0.2) is 0 Å². The molecule has 0 fully saturated rings. The predicted octanol–water partition coefficient (Wildman–Crippen LogP) is 14.0. The SMILES string of the molecule is [2H]c1c([2H])c([2H])c(-c2ccc(N(c3ccc(-c4ccccc4)cc3)c3cc4ccccc4c4c3-c3ccccc3C4(c3ccccc3)c3ccccc3)cc2)c([2H])c1[2H]. The lowest BCUT2D eigenvalue weighted by Crippen LogP contribution is -2.29. The van der Waals surface area contributed by atoms with E-state index >= 15 is 0 Å². The minimum atomic E-state index is -0.641. The van der Waals surface area contributed by atoms with Crippen LogP contribution >= 0.6 is 0 Å². The number of hydrogen-bond acceptors (Lipinski definition) is 1. The van der Waals surface area contributed by atoms with E-state index in [0.29, 0.717) is 5.56 Å². The molecule has 9 aromatic rings. The van der Waals surface area contributed by atoms with Crippen molar-refractivity contribution in [1.29, 1.82) is 0 Å². The van der Waals surface area contributed by atoms with Gasteiger partial charge in [0.1, 0.15) is 0 Å². The first-order chi connectivity index (χ1) is 28.9. The van der Waals surface area contributed by atoms with Gasteiger partial charge in [-0.15, -0.1) is 0 Å². The van der Waals surface area contributed by atoms with E-state index in [9.17, 15) is 0 Å². The van der Waals surface area contributed by atoms with Crippen LogP contribution in [0.3, 0.4) is 0 Å². The highest BCUT2D eigenvalue weighted by Crippen LogP contribution is 2.61. The first-order valence-corrected chi connectivity index (χ1v) is 18.3. The van der Waals surface area contributed by atoms with Gasteiger partial charge in [0.05, 0.1) is 18.0 Å². The minimum absolute atomic E-state index is 0.178. The van der Waals surface area contributed by atoms with Crippen LogP contribution in [0, 0.1) is 0 Å². The maximum Gasteiger partial charge on any atom is 0.0720 e. The number of hydrogen-bond donors (Lipinski definition) is 0. The zero-order chi connectivity index (χ0) is 40.3. The minimum Gasteiger partial charge on any atom is -0.310 e. The number of anilines is 3. The van der Waals surface area contributed by atoms with Crippen molar-refractivity contribution in [2.45, 2.75) is 5.41 Å². The van der Waals surface area contributed by atoms with Gasteiger partial charge in [-0.05, 0) is 91.2 Å². The number of benzene rings is 9. The summed E-state index contributed by atoms with van der Waals surface area (Å²) >= 11 is 0. The van der Waals surface area contributed by atoms with Gasteiger partial charge in [0.25, 0.3) is 0 Å². The van der Waals surface area contributed by atoms with Crippen molar-refractivity contribution < 1.29 is 6.85 Å². The Morgan fingerprint density at radius 3 is 1.56 bits per heavy atom. The third-order valence-corrected chi connectivity index (χ3v) is 10.8. The summed E-state index contributed by atoms with van der Waals surface area (Å²) < 4.78 is 42.2. The summed E-state index contributed by atoms with van der Waals surface area (Å²) in [6.45, 7) is 0. The Balaban J connectivity index is 1.28. The van der Waals surface area contributed by atoms with E-state index < -0.39 is 11.5 Å². The maximum absolute atomic E-state index is 8.70. The standard InChI is InChI=1S/C53H37N/c1-5-17-38(18-6-1)40-29-33-45(34-30-40)54(46-35-31-41(32-36-46)39-19-7-2-8-20-39)50-37-42-21-13-14-26-47(42)52-51(50)48-27-15-16-28-49(48)53(52,43-22-9-3-10-23-43)44-24-11-4-12-25-44/h1-37H/i1D,5D,6D,17D,18D. The van der Waals surface area contributed by atoms with Crippen LogP contribution in [0.4, 0.5) is 17.1 Å². The molecule has 0 amide bonds. The lowest BCUT2D eigenvalue weighted by Gasteiger charge is -2.35. The quantitative estimate of drug-likeness (QED) is 0.161. The largest absolute Gasteiger partial charge is 0.310 e. The zero-order valence-electron chi connectivity index (χ0n) is 34.4. The predicted molar refractivity (Wildman–Crippen MR) is 227 cm³/mol. The van der Waals surface area contributed by atoms with E-state index in [-0.39, 0.29) is 29.7 Å². The Kier molecular flexibility index (Phi) is 6.55. The number of nitrogens with zero attached hydrogens (tertiary/aromatic N) is 1. The van der Waals surface area contributed by atoms with Gasteiger partial charge >= 0.3 is 0 Å². The molecule has 1 heteroatoms. The third kappa shape index (κ3) is 5.09. The first-order valence-electron chi connectivity index (χ1n) is 20.8. The molecule has 0 atom stereocenters. The molecular formula is C53H37N. The van der Waals surface area contributed by atoms with Crippen LogP contribution in [-0.2, 0) is 5.41 Å². The van der Waals surface area contributed by atoms with Gasteiger partial charge in [-0.3, -0.25) is 0 Å². The topological polar surface area (TPSA) is 3.24 Å². The highest BCUT2D eigenvalue weighted by atomic mass is 15.1. The van der Waals surface area contributed by atoms with Gasteiger partial charge in [-0.1, -0.05) is 194 Å². The summed E-state index contributed by atoms with van der Waals surface area (Å²) in [5.74, 6) is 0. The molecule has 0 unspecified atom stereocenters. The summed E-state index contributed by atoms with van der Waals surface area (Å²) in [7, 11) is 0. The smallest absolute Gasteiger partial charge is 0.0720 e. The van der Waals surface area contributed by atoms with E-state index in [4.69, 9.17) is 6.85 Å². The average Bonchev–Trinajstić information content (AvgIpc) is 3.62. The van der Waals surface area contributed by atoms with E-state index in [1.54, 1.807) is 0 Å². The monoisotopic (exact) mass is 692 g/mol. The van der Waals surface area contributed by atoms with Crippen LogP contribution in [0.25, 0.3) is 44.2 Å². The normalized spacial score (nSPS) is 13.9. The molecular weight excluding hydrogens is 651 g/mol. The van der Waals surface area contributed by atoms with Crippen LogP contribution in [0.5, 0.6) is 0 Å². The second-order valence-electron chi connectivity index (χ2n) is 13.7. The average molecular weight is 693 g/mol. The molecule has 0 N–H and O–H groups in total. The molecule has 1 nitrogen and oxygen atoms in total. The summed E-state index contributed by atoms with van der Waals surface area (Å²) in [6, 6.07) is 66.6. The van der Waals surface area contributed by atoms with Crippen molar-refractivity contribution in [3.05, 3.63) is 247 Å². The lowest BCUT2D eigenvalue weighted by atomic mass is 9.66. The summed E-state index contributed by atoms with van der Waals surface area (Å²) in [6.07, 6.45) is 0. The maximum atomic E-state index is 8.70. The molecule has 0 aromatic heterocycles. The second kappa shape index (κ2) is 13.2. The van der Waals surface area contributed by atoms with Crippen LogP contribution in [-0.4, -0.2) is 0 Å². The molecule has 0 bridgehead atoms. The Morgan fingerprint density at radius 2 is 0.926 bits per heavy atom. The Hall–Kier alpha value is -6.96. The molecule has 0 saturated carbocycles. The van der Waals surface area contributed by atoms with Crippen LogP contribution in [0.15, 0.2) is 224 Å². The van der Waals surface area contributed by atoms with Crippen LogP contribution < -0.4 is 4.90 Å². The molecule has 0 aliphatic heterocycles. The van der Waals surface area contributed by atoms with Crippen molar-refractivity contribution in [3.63, 3.8) is 0 Å². The van der Waals surface area contributed by atoms with Crippen molar-refractivity contribution >= 4 is 27.8 Å². The Bertz CT molecular complexity index is 2950. The van der Waals surface area contributed by atoms with E-state index in [1.807, 2.05) is 42.5 Å². The van der Waals surface area contributed by atoms with E-state index in [1.165, 1.54) is 27.6 Å². The number of fused-ring (bicyclic) bond motifs is 5. The third-order valence-electron chi connectivity index (χ3n) is 10.8. The van der Waals surface area contributed by atoms with Gasteiger partial charge in [0.2, 0.25) is 0 Å². The molecule has 10 rings (SSSR count). The Labute approximate surface area is 324 Å². The summed E-state index contributed by atoms with van der Waals surface area (Å²) in [5.41, 5.74) is 12.2. The molecule has 0 saturated heterocycles. The highest BCUT2D eigenvalue weighted by molar-refractivity contribution is 6.07. The molecule has 54 heavy (non-hydrogen) atoms. The fraction of sp³-hybridized carbons (Fsp3) is 0.0189. The van der Waals surface area contributed by atoms with E-state index in [0.717, 1.165) is 44.7 Å². The van der Waals surface area contributed by atoms with Gasteiger partial charge < -0.3 is 4.90 Å². The molecule has 254 valence electrons. The molecule has 0 heterocycles. The first kappa shape index (κ1) is 26.8. The summed E-state index contributed by atoms with van der Waals surface area (Å²) in [4.78, 5) is 2.30. The van der Waals surface area contributed by atoms with Crippen LogP contribution in [0.2, 0.25) is 0 Å². The highest BCUT2D eigenvalue weighted by Gasteiger charge is 2.48. The number of rotatable bonds is 7. The van der Waals surface area contributed by atoms with Crippen molar-refractivity contribution in [1.82, 2.24) is 0 Å². The molecule has 1 aliphatic rings. The lowest BCUT2D eigenvalue weighted by molar-refractivity contribution is 0.775. The fourth-order valence-corrected chi connectivity index (χ4v) is 8.51. The molecule has 1 aliphatic carbocycles. The molecule has 0 radical (unpaired) electrons. The van der Waals surface area contributed by atoms with Crippen molar-refractivity contribution in [2.24, 2.45) is 0 Å². The zero-order valence-corrected chi connectivity index (χ0v) is 29.4. The van der Waals surface area contributed by atoms with Crippen LogP contribution in [0.1, 0.15) is 29.1 Å². The van der Waals surface area contributed by atoms with Gasteiger partial charge in [0, 0.05) is 16.9 Å². The second-order valence-corrected chi connectivity index (χ2v) is 13.7. The van der Waals surface area contributed by atoms with Gasteiger partial charge in [-0.2, -0.15) is 0 Å². The summed E-state index contributed by atoms with van der Waals surface area (Å²) in [5, 5.41) is 2.28. The molecule has 0 spiro atoms. The van der Waals surface area contributed by atoms with Gasteiger partial charge in [-0.25, -0.2) is 0 Å². The van der Waals surface area contributed by atoms with E-state index in [2.05, 4.69) is 157 Å². The van der Waals surface area contributed by atoms with Crippen molar-refractivity contribution in [3.8, 4) is 33.4 Å². The van der Waals surface area contributed by atoms with Crippen molar-refractivity contribution in [2.75, 3.05) is 4.90 Å².